The normalized spacial score (nSPS) is 10.8. The number of thiophene rings is 1. The van der Waals surface area contributed by atoms with Crippen LogP contribution in [0.25, 0.3) is 10.1 Å². The highest BCUT2D eigenvalue weighted by atomic mass is 79.9. The number of nitrogens with two attached hydrogens (primary N) is 1. The van der Waals surface area contributed by atoms with Gasteiger partial charge in [0.1, 0.15) is 0 Å². The quantitative estimate of drug-likeness (QED) is 0.676. The molecular weight excluding hydrogens is 265 g/mol. The molecular formula is C8H7BBrNO2S. The van der Waals surface area contributed by atoms with Crippen molar-refractivity contribution in [3.8, 4) is 0 Å². The van der Waals surface area contributed by atoms with Crippen LogP contribution in [0.3, 0.4) is 0 Å². The van der Waals surface area contributed by atoms with Crippen LogP contribution in [0.4, 0.5) is 5.00 Å². The smallest absolute Gasteiger partial charge is 0.423 e. The van der Waals surface area contributed by atoms with Crippen molar-refractivity contribution in [2.75, 3.05) is 5.73 Å². The molecule has 2 aromatic rings. The molecule has 2 rings (SSSR count). The summed E-state index contributed by atoms with van der Waals surface area (Å²) in [7, 11) is -1.47. The molecule has 0 bridgehead atoms. The molecule has 1 aromatic heterocycles. The number of halogens is 1. The SMILES string of the molecule is Nc1cc2c(B(O)O)cc(Br)cc2s1. The first-order chi connectivity index (χ1) is 6.58. The van der Waals surface area contributed by atoms with Gasteiger partial charge in [0, 0.05) is 9.17 Å². The lowest BCUT2D eigenvalue weighted by Gasteiger charge is -2.02. The maximum atomic E-state index is 9.15. The fourth-order valence-electron chi connectivity index (χ4n) is 1.36. The molecule has 0 saturated heterocycles. The molecule has 0 amide bonds. The molecule has 6 heteroatoms. The van der Waals surface area contributed by atoms with Crippen LogP contribution in [0.15, 0.2) is 22.7 Å². The van der Waals surface area contributed by atoms with E-state index in [1.807, 2.05) is 6.07 Å². The average Bonchev–Trinajstić information content (AvgIpc) is 2.42. The Hall–Kier alpha value is -0.555. The van der Waals surface area contributed by atoms with Crippen LogP contribution in [0.5, 0.6) is 0 Å². The Morgan fingerprint density at radius 2 is 2.00 bits per heavy atom. The monoisotopic (exact) mass is 271 g/mol. The highest BCUT2D eigenvalue weighted by Gasteiger charge is 2.16. The summed E-state index contributed by atoms with van der Waals surface area (Å²) in [4.78, 5) is 0. The van der Waals surface area contributed by atoms with E-state index < -0.39 is 7.12 Å². The van der Waals surface area contributed by atoms with Crippen LogP contribution in [-0.4, -0.2) is 17.2 Å². The molecule has 4 N–H and O–H groups in total. The number of rotatable bonds is 1. The van der Waals surface area contributed by atoms with Crippen molar-refractivity contribution in [2.45, 2.75) is 0 Å². The molecule has 3 nitrogen and oxygen atoms in total. The lowest BCUT2D eigenvalue weighted by Crippen LogP contribution is -2.30. The summed E-state index contributed by atoms with van der Waals surface area (Å²) in [5.74, 6) is 0. The van der Waals surface area contributed by atoms with Crippen molar-refractivity contribution >= 4 is 54.9 Å². The standard InChI is InChI=1S/C8H7BBrNO2S/c10-4-1-6(9(12)13)5-3-8(11)14-7(5)2-4/h1-3,12-13H,11H2. The zero-order chi connectivity index (χ0) is 10.3. The van der Waals surface area contributed by atoms with Gasteiger partial charge in [-0.15, -0.1) is 11.3 Å². The van der Waals surface area contributed by atoms with E-state index in [9.17, 15) is 0 Å². The first-order valence-corrected chi connectivity index (χ1v) is 5.53. The second-order valence-electron chi connectivity index (χ2n) is 2.93. The summed E-state index contributed by atoms with van der Waals surface area (Å²) in [6, 6.07) is 5.34. The highest BCUT2D eigenvalue weighted by Crippen LogP contribution is 2.28. The second-order valence-corrected chi connectivity index (χ2v) is 4.96. The minimum atomic E-state index is -1.47. The summed E-state index contributed by atoms with van der Waals surface area (Å²) < 4.78 is 1.76. The minimum Gasteiger partial charge on any atom is -0.423 e. The average molecular weight is 272 g/mol. The Morgan fingerprint density at radius 1 is 1.29 bits per heavy atom. The molecule has 1 heterocycles. The zero-order valence-corrected chi connectivity index (χ0v) is 9.47. The summed E-state index contributed by atoms with van der Waals surface area (Å²) in [6.07, 6.45) is 0. The van der Waals surface area contributed by atoms with Crippen molar-refractivity contribution in [3.05, 3.63) is 22.7 Å². The minimum absolute atomic E-state index is 0.474. The van der Waals surface area contributed by atoms with E-state index in [0.717, 1.165) is 14.6 Å². The molecule has 0 fully saturated rings. The van der Waals surface area contributed by atoms with Gasteiger partial charge in [0.25, 0.3) is 0 Å². The molecule has 0 atom stereocenters. The van der Waals surface area contributed by atoms with Gasteiger partial charge in [-0.1, -0.05) is 15.9 Å². The van der Waals surface area contributed by atoms with Crippen LogP contribution in [0.2, 0.25) is 0 Å². The van der Waals surface area contributed by atoms with Crippen molar-refractivity contribution in [3.63, 3.8) is 0 Å². The van der Waals surface area contributed by atoms with Gasteiger partial charge in [0.2, 0.25) is 0 Å². The molecule has 1 aromatic carbocycles. The van der Waals surface area contributed by atoms with E-state index in [2.05, 4.69) is 15.9 Å². The van der Waals surface area contributed by atoms with Crippen molar-refractivity contribution < 1.29 is 10.0 Å². The van der Waals surface area contributed by atoms with E-state index in [1.54, 1.807) is 12.1 Å². The molecule has 0 aliphatic carbocycles. The van der Waals surface area contributed by atoms with E-state index in [1.165, 1.54) is 11.3 Å². The largest absolute Gasteiger partial charge is 0.489 e. The van der Waals surface area contributed by atoms with Crippen molar-refractivity contribution in [1.82, 2.24) is 0 Å². The maximum absolute atomic E-state index is 9.15. The van der Waals surface area contributed by atoms with E-state index >= 15 is 0 Å². The highest BCUT2D eigenvalue weighted by molar-refractivity contribution is 9.10. The van der Waals surface area contributed by atoms with Gasteiger partial charge in [0.05, 0.1) is 5.00 Å². The van der Waals surface area contributed by atoms with Crippen LogP contribution in [-0.2, 0) is 0 Å². The van der Waals surface area contributed by atoms with Gasteiger partial charge in [-0.25, -0.2) is 0 Å². The molecule has 0 aliphatic heterocycles. The fraction of sp³-hybridized carbons (Fsp3) is 0. The number of hydrogen-bond acceptors (Lipinski definition) is 4. The van der Waals surface area contributed by atoms with Crippen LogP contribution in [0.1, 0.15) is 0 Å². The number of hydrogen-bond donors (Lipinski definition) is 3. The second kappa shape index (κ2) is 3.54. The third-order valence-electron chi connectivity index (χ3n) is 1.93. The number of nitrogen functional groups attached to an aromatic ring is 1. The molecule has 0 radical (unpaired) electrons. The molecule has 0 saturated carbocycles. The summed E-state index contributed by atoms with van der Waals surface area (Å²) in [5.41, 5.74) is 6.12. The molecule has 72 valence electrons. The van der Waals surface area contributed by atoms with Crippen LogP contribution < -0.4 is 11.2 Å². The lowest BCUT2D eigenvalue weighted by atomic mass is 9.78. The Bertz CT molecular complexity index is 485. The van der Waals surface area contributed by atoms with Gasteiger partial charge in [0.15, 0.2) is 0 Å². The summed E-state index contributed by atoms with van der Waals surface area (Å²) in [6.45, 7) is 0. The Kier molecular flexibility index (Phi) is 2.53. The molecule has 0 spiro atoms. The third kappa shape index (κ3) is 1.66. The molecule has 14 heavy (non-hydrogen) atoms. The molecule has 0 aliphatic rings. The van der Waals surface area contributed by atoms with Crippen molar-refractivity contribution in [2.24, 2.45) is 0 Å². The van der Waals surface area contributed by atoms with Gasteiger partial charge in [-0.2, -0.15) is 0 Å². The fourth-order valence-corrected chi connectivity index (χ4v) is 2.89. The first-order valence-electron chi connectivity index (χ1n) is 3.92. The van der Waals surface area contributed by atoms with Gasteiger partial charge in [-0.05, 0) is 29.0 Å². The van der Waals surface area contributed by atoms with Gasteiger partial charge >= 0.3 is 7.12 Å². The Balaban J connectivity index is 2.79. The van der Waals surface area contributed by atoms with Crippen molar-refractivity contribution in [1.29, 1.82) is 0 Å². The predicted molar refractivity (Wildman–Crippen MR) is 63.8 cm³/mol. The summed E-state index contributed by atoms with van der Waals surface area (Å²) in [5, 5.41) is 19.8. The van der Waals surface area contributed by atoms with Gasteiger partial charge in [-0.3, -0.25) is 0 Å². The lowest BCUT2D eigenvalue weighted by molar-refractivity contribution is 0.426. The van der Waals surface area contributed by atoms with E-state index in [0.29, 0.717) is 10.5 Å². The predicted octanol–water partition coefficient (Wildman–Crippen LogP) is 0.926. The van der Waals surface area contributed by atoms with Crippen LogP contribution in [0, 0.1) is 0 Å². The maximum Gasteiger partial charge on any atom is 0.489 e. The first kappa shape index (κ1) is 9.98. The topological polar surface area (TPSA) is 66.5 Å². The summed E-state index contributed by atoms with van der Waals surface area (Å²) >= 11 is 4.73. The van der Waals surface area contributed by atoms with E-state index in [4.69, 9.17) is 15.8 Å². The Morgan fingerprint density at radius 3 is 2.64 bits per heavy atom. The number of anilines is 1. The Labute approximate surface area is 93.4 Å². The van der Waals surface area contributed by atoms with Crippen LogP contribution >= 0.6 is 27.3 Å². The number of fused-ring (bicyclic) bond motifs is 1. The zero-order valence-electron chi connectivity index (χ0n) is 7.07. The van der Waals surface area contributed by atoms with Gasteiger partial charge < -0.3 is 15.8 Å². The number of benzene rings is 1. The van der Waals surface area contributed by atoms with E-state index in [-0.39, 0.29) is 0 Å². The third-order valence-corrected chi connectivity index (χ3v) is 3.30. The molecule has 0 unspecified atom stereocenters.